The molecule has 3 rings (SSSR count). The first kappa shape index (κ1) is 28.7. The van der Waals surface area contributed by atoms with Crippen LogP contribution in [-0.2, 0) is 32.0 Å². The summed E-state index contributed by atoms with van der Waals surface area (Å²) in [7, 11) is 0. The normalized spacial score (nSPS) is 14.2. The second-order valence-electron chi connectivity index (χ2n) is 8.75. The molecule has 0 saturated heterocycles. The van der Waals surface area contributed by atoms with Crippen LogP contribution in [0.5, 0.6) is 0 Å². The van der Waals surface area contributed by atoms with Gasteiger partial charge in [-0.1, -0.05) is 48.5 Å². The monoisotopic (exact) mass is 541 g/mol. The largest absolute Gasteiger partial charge is 0.480 e. The molecule has 0 fully saturated rings. The molecule has 202 valence electrons. The van der Waals surface area contributed by atoms with E-state index in [1.54, 1.807) is 36.5 Å². The van der Waals surface area contributed by atoms with Gasteiger partial charge >= 0.3 is 5.97 Å². The lowest BCUT2D eigenvalue weighted by Gasteiger charge is -2.24. The lowest BCUT2D eigenvalue weighted by Crippen LogP contribution is -2.58. The van der Waals surface area contributed by atoms with Crippen LogP contribution in [0.25, 0.3) is 10.9 Å². The Morgan fingerprint density at radius 2 is 1.45 bits per heavy atom. The first-order chi connectivity index (χ1) is 18.2. The van der Waals surface area contributed by atoms with Crippen LogP contribution in [0.15, 0.2) is 60.8 Å². The number of nitrogens with one attached hydrogen (secondary N) is 4. The lowest BCUT2D eigenvalue weighted by atomic mass is 10.0. The summed E-state index contributed by atoms with van der Waals surface area (Å²) >= 11 is 3.94. The van der Waals surface area contributed by atoms with E-state index in [9.17, 15) is 29.4 Å². The van der Waals surface area contributed by atoms with E-state index < -0.39 is 54.5 Å². The summed E-state index contributed by atoms with van der Waals surface area (Å²) in [6, 6.07) is 11.4. The van der Waals surface area contributed by atoms with E-state index in [-0.39, 0.29) is 18.6 Å². The predicted molar refractivity (Wildman–Crippen MR) is 144 cm³/mol. The van der Waals surface area contributed by atoms with Gasteiger partial charge in [-0.25, -0.2) is 4.79 Å². The van der Waals surface area contributed by atoms with Gasteiger partial charge in [0.2, 0.25) is 17.7 Å². The molecule has 8 N–H and O–H groups in total. The van der Waals surface area contributed by atoms with E-state index in [1.165, 1.54) is 0 Å². The van der Waals surface area contributed by atoms with Crippen LogP contribution in [0.2, 0.25) is 0 Å². The molecule has 0 saturated carbocycles. The van der Waals surface area contributed by atoms with Crippen LogP contribution < -0.4 is 21.7 Å². The van der Waals surface area contributed by atoms with E-state index >= 15 is 0 Å². The molecular formula is C26H31N5O6S. The van der Waals surface area contributed by atoms with Crippen molar-refractivity contribution in [3.63, 3.8) is 0 Å². The van der Waals surface area contributed by atoms with Crippen molar-refractivity contribution in [2.45, 2.75) is 37.0 Å². The third-order valence-electron chi connectivity index (χ3n) is 5.98. The molecule has 11 nitrogen and oxygen atoms in total. The Bertz CT molecular complexity index is 1270. The number of aliphatic hydroxyl groups is 1. The van der Waals surface area contributed by atoms with Gasteiger partial charge in [0.15, 0.2) is 0 Å². The molecule has 38 heavy (non-hydrogen) atoms. The number of aromatic nitrogens is 1. The number of aliphatic hydroxyl groups excluding tert-OH is 1. The molecule has 3 aromatic rings. The summed E-state index contributed by atoms with van der Waals surface area (Å²) in [5.74, 6) is -3.47. The molecule has 1 aromatic heterocycles. The maximum Gasteiger partial charge on any atom is 0.326 e. The Labute approximate surface area is 224 Å². The minimum atomic E-state index is -1.37. The van der Waals surface area contributed by atoms with Crippen molar-refractivity contribution in [3.05, 3.63) is 71.9 Å². The third-order valence-corrected chi connectivity index (χ3v) is 6.37. The number of hydrogen-bond donors (Lipinski definition) is 8. The van der Waals surface area contributed by atoms with Gasteiger partial charge in [0.05, 0.1) is 12.6 Å². The summed E-state index contributed by atoms with van der Waals surface area (Å²) < 4.78 is 0. The number of carboxylic acid groups (broad SMARTS) is 1. The number of carboxylic acids is 1. The van der Waals surface area contributed by atoms with Crippen molar-refractivity contribution < 1.29 is 29.4 Å². The van der Waals surface area contributed by atoms with E-state index in [4.69, 9.17) is 5.73 Å². The second-order valence-corrected chi connectivity index (χ2v) is 9.11. The fourth-order valence-electron chi connectivity index (χ4n) is 3.88. The lowest BCUT2D eigenvalue weighted by molar-refractivity contribution is -0.142. The molecular weight excluding hydrogens is 510 g/mol. The van der Waals surface area contributed by atoms with Crippen molar-refractivity contribution in [1.29, 1.82) is 0 Å². The fraction of sp³-hybridized carbons (Fsp3) is 0.308. The number of hydrogen-bond acceptors (Lipinski definition) is 7. The second kappa shape index (κ2) is 13.6. The van der Waals surface area contributed by atoms with Gasteiger partial charge in [-0.15, -0.1) is 0 Å². The Morgan fingerprint density at radius 3 is 2.11 bits per heavy atom. The number of fused-ring (bicyclic) bond motifs is 1. The van der Waals surface area contributed by atoms with Gasteiger partial charge in [-0.3, -0.25) is 14.4 Å². The van der Waals surface area contributed by atoms with Crippen LogP contribution in [0.3, 0.4) is 0 Å². The topological polar surface area (TPSA) is 187 Å². The Hall–Kier alpha value is -3.87. The zero-order valence-electron chi connectivity index (χ0n) is 20.5. The Morgan fingerprint density at radius 1 is 0.842 bits per heavy atom. The Balaban J connectivity index is 1.78. The van der Waals surface area contributed by atoms with Gasteiger partial charge in [-0.2, -0.15) is 12.6 Å². The van der Waals surface area contributed by atoms with Gasteiger partial charge < -0.3 is 36.9 Å². The average Bonchev–Trinajstić information content (AvgIpc) is 3.33. The van der Waals surface area contributed by atoms with Crippen molar-refractivity contribution in [3.8, 4) is 0 Å². The standard InChI is InChI=1S/C26H31N5O6S/c27-18(14-38)23(33)31-22(13-32)25(35)29-20(10-15-6-2-1-3-7-15)24(34)30-21(26(36)37)11-16-12-28-19-9-5-4-8-17(16)19/h1-9,12,18,20-22,28,32,38H,10-11,13-14,27H2,(H,29,35)(H,30,34)(H,31,33)(H,36,37). The highest BCUT2D eigenvalue weighted by atomic mass is 32.1. The van der Waals surface area contributed by atoms with Crippen molar-refractivity contribution in [2.75, 3.05) is 12.4 Å². The number of para-hydroxylation sites is 1. The maximum atomic E-state index is 13.3. The highest BCUT2D eigenvalue weighted by Gasteiger charge is 2.30. The molecule has 0 radical (unpaired) electrons. The third kappa shape index (κ3) is 7.57. The number of thiol groups is 1. The smallest absolute Gasteiger partial charge is 0.326 e. The summed E-state index contributed by atoms with van der Waals surface area (Å²) in [6.07, 6.45) is 1.74. The minimum absolute atomic E-state index is 0.00796. The van der Waals surface area contributed by atoms with E-state index in [0.29, 0.717) is 11.1 Å². The first-order valence-corrected chi connectivity index (χ1v) is 12.6. The van der Waals surface area contributed by atoms with Crippen LogP contribution in [0.1, 0.15) is 11.1 Å². The van der Waals surface area contributed by atoms with E-state index in [1.807, 2.05) is 24.3 Å². The fourth-order valence-corrected chi connectivity index (χ4v) is 4.05. The van der Waals surface area contributed by atoms with E-state index in [2.05, 4.69) is 33.6 Å². The number of carbonyl (C=O) groups excluding carboxylic acids is 3. The molecule has 0 aliphatic rings. The average molecular weight is 542 g/mol. The van der Waals surface area contributed by atoms with Crippen molar-refractivity contribution in [1.82, 2.24) is 20.9 Å². The van der Waals surface area contributed by atoms with Crippen LogP contribution in [0, 0.1) is 0 Å². The highest BCUT2D eigenvalue weighted by Crippen LogP contribution is 2.19. The molecule has 1 heterocycles. The van der Waals surface area contributed by atoms with Gasteiger partial charge in [-0.05, 0) is 17.2 Å². The molecule has 4 atom stereocenters. The number of aromatic amines is 1. The number of H-pyrrole nitrogens is 1. The van der Waals surface area contributed by atoms with Gasteiger partial charge in [0, 0.05) is 35.7 Å². The van der Waals surface area contributed by atoms with Crippen LogP contribution in [-0.4, -0.2) is 75.4 Å². The Kier molecular flexibility index (Phi) is 10.3. The number of carbonyl (C=O) groups is 4. The number of amides is 3. The van der Waals surface area contributed by atoms with Crippen molar-refractivity contribution in [2.24, 2.45) is 5.73 Å². The number of aliphatic carboxylic acids is 1. The molecule has 12 heteroatoms. The molecule has 3 amide bonds. The minimum Gasteiger partial charge on any atom is -0.480 e. The molecule has 0 aliphatic heterocycles. The quantitative estimate of drug-likeness (QED) is 0.137. The molecule has 0 aliphatic carbocycles. The summed E-state index contributed by atoms with van der Waals surface area (Å²) in [6.45, 7) is -0.741. The zero-order chi connectivity index (χ0) is 27.7. The number of benzene rings is 2. The van der Waals surface area contributed by atoms with Gasteiger partial charge in [0.25, 0.3) is 0 Å². The summed E-state index contributed by atoms with van der Waals surface area (Å²) in [5, 5.41) is 27.7. The van der Waals surface area contributed by atoms with Crippen LogP contribution >= 0.6 is 12.6 Å². The zero-order valence-corrected chi connectivity index (χ0v) is 21.4. The molecule has 0 bridgehead atoms. The first-order valence-electron chi connectivity index (χ1n) is 11.9. The summed E-state index contributed by atoms with van der Waals surface area (Å²) in [5.41, 5.74) is 7.87. The van der Waals surface area contributed by atoms with Crippen molar-refractivity contribution >= 4 is 47.2 Å². The summed E-state index contributed by atoms with van der Waals surface area (Å²) in [4.78, 5) is 53.4. The molecule has 2 aromatic carbocycles. The number of nitrogens with two attached hydrogens (primary N) is 1. The molecule has 4 unspecified atom stereocenters. The van der Waals surface area contributed by atoms with Gasteiger partial charge in [0.1, 0.15) is 18.1 Å². The SMILES string of the molecule is NC(CS)C(=O)NC(CO)C(=O)NC(Cc1ccccc1)C(=O)NC(Cc1c[nH]c2ccccc12)C(=O)O. The van der Waals surface area contributed by atoms with Crippen LogP contribution in [0.4, 0.5) is 0 Å². The molecule has 0 spiro atoms. The predicted octanol–water partition coefficient (Wildman–Crippen LogP) is -0.258. The van der Waals surface area contributed by atoms with E-state index in [0.717, 1.165) is 10.9 Å². The highest BCUT2D eigenvalue weighted by molar-refractivity contribution is 7.80. The maximum absolute atomic E-state index is 13.3. The number of rotatable bonds is 13.